The molecule has 1 aromatic carbocycles. The van der Waals surface area contributed by atoms with Crippen molar-refractivity contribution in [1.82, 2.24) is 0 Å². The lowest BCUT2D eigenvalue weighted by Gasteiger charge is -2.39. The highest BCUT2D eigenvalue weighted by molar-refractivity contribution is 7.12. The average molecular weight is 479 g/mol. The minimum absolute atomic E-state index is 0.0452. The SMILES string of the molecule is CCCCc1ccc(C2C(C#N)=C(N)N(c3ccc(OC)cc3[N+](=O)[O-])C3=C2C(=O)CCC3)s1. The Morgan fingerprint density at radius 1 is 1.32 bits per heavy atom. The highest BCUT2D eigenvalue weighted by Gasteiger charge is 2.42. The van der Waals surface area contributed by atoms with Gasteiger partial charge in [-0.05, 0) is 49.9 Å². The number of ketones is 1. The van der Waals surface area contributed by atoms with E-state index >= 15 is 0 Å². The van der Waals surface area contributed by atoms with Crippen LogP contribution in [-0.4, -0.2) is 17.8 Å². The van der Waals surface area contributed by atoms with Gasteiger partial charge in [0.25, 0.3) is 5.69 Å². The molecule has 1 aliphatic heterocycles. The maximum Gasteiger partial charge on any atom is 0.296 e. The van der Waals surface area contributed by atoms with Crippen molar-refractivity contribution in [2.75, 3.05) is 12.0 Å². The van der Waals surface area contributed by atoms with Crippen LogP contribution in [0.4, 0.5) is 11.4 Å². The maximum absolute atomic E-state index is 13.2. The third-order valence-corrected chi connectivity index (χ3v) is 7.49. The van der Waals surface area contributed by atoms with E-state index in [-0.39, 0.29) is 28.6 Å². The molecule has 1 aliphatic carbocycles. The van der Waals surface area contributed by atoms with Crippen molar-refractivity contribution < 1.29 is 14.5 Å². The number of nitriles is 1. The van der Waals surface area contributed by atoms with Crippen LogP contribution in [0.2, 0.25) is 0 Å². The zero-order chi connectivity index (χ0) is 24.4. The number of allylic oxidation sites excluding steroid dienone is 3. The second-order valence-corrected chi connectivity index (χ2v) is 9.54. The average Bonchev–Trinajstić information content (AvgIpc) is 3.30. The third kappa shape index (κ3) is 4.05. The van der Waals surface area contributed by atoms with Crippen molar-refractivity contribution in [2.45, 2.75) is 51.4 Å². The van der Waals surface area contributed by atoms with Crippen molar-refractivity contribution in [3.05, 3.63) is 72.9 Å². The number of benzene rings is 1. The van der Waals surface area contributed by atoms with Crippen LogP contribution in [0, 0.1) is 21.4 Å². The monoisotopic (exact) mass is 478 g/mol. The van der Waals surface area contributed by atoms with Crippen LogP contribution in [-0.2, 0) is 11.2 Å². The van der Waals surface area contributed by atoms with Gasteiger partial charge in [-0.25, -0.2) is 0 Å². The molecule has 176 valence electrons. The molecule has 1 atom stereocenters. The molecule has 0 saturated carbocycles. The number of thiophene rings is 1. The van der Waals surface area contributed by atoms with Gasteiger partial charge in [0.15, 0.2) is 5.78 Å². The van der Waals surface area contributed by atoms with Crippen LogP contribution in [0.3, 0.4) is 0 Å². The van der Waals surface area contributed by atoms with E-state index in [0.717, 1.165) is 24.1 Å². The van der Waals surface area contributed by atoms with E-state index in [0.29, 0.717) is 36.3 Å². The summed E-state index contributed by atoms with van der Waals surface area (Å²) in [6.45, 7) is 2.14. The second kappa shape index (κ2) is 9.69. The molecule has 0 radical (unpaired) electrons. The number of ether oxygens (including phenoxy) is 1. The summed E-state index contributed by atoms with van der Waals surface area (Å²) in [5.74, 6) is -0.142. The van der Waals surface area contributed by atoms with Gasteiger partial charge in [-0.3, -0.25) is 19.8 Å². The molecule has 0 spiro atoms. The quantitative estimate of drug-likeness (QED) is 0.422. The van der Waals surface area contributed by atoms with Crippen LogP contribution in [0.25, 0.3) is 0 Å². The minimum atomic E-state index is -0.554. The number of rotatable bonds is 7. The Balaban J connectivity index is 1.91. The number of aryl methyl sites for hydroxylation is 1. The molecule has 0 bridgehead atoms. The van der Waals surface area contributed by atoms with Crippen LogP contribution >= 0.6 is 11.3 Å². The minimum Gasteiger partial charge on any atom is -0.496 e. The van der Waals surface area contributed by atoms with Gasteiger partial charge in [-0.1, -0.05) is 13.3 Å². The predicted octanol–water partition coefficient (Wildman–Crippen LogP) is 5.31. The first kappa shape index (κ1) is 23.5. The number of hydrogen-bond acceptors (Lipinski definition) is 8. The summed E-state index contributed by atoms with van der Waals surface area (Å²) in [6, 6.07) is 10.7. The van der Waals surface area contributed by atoms with E-state index in [2.05, 4.69) is 19.1 Å². The Hall–Kier alpha value is -3.64. The molecule has 2 aliphatic rings. The number of carbonyl (C=O) groups is 1. The van der Waals surface area contributed by atoms with Gasteiger partial charge in [-0.15, -0.1) is 11.3 Å². The Kier molecular flexibility index (Phi) is 6.70. The third-order valence-electron chi connectivity index (χ3n) is 6.28. The first-order chi connectivity index (χ1) is 16.4. The number of anilines is 1. The largest absolute Gasteiger partial charge is 0.496 e. The normalized spacial score (nSPS) is 18.1. The first-order valence-corrected chi connectivity index (χ1v) is 12.1. The highest BCUT2D eigenvalue weighted by atomic mass is 32.1. The number of Topliss-reactive ketones (excluding diaryl/α,β-unsaturated/α-hetero) is 1. The van der Waals surface area contributed by atoms with E-state index in [1.54, 1.807) is 23.5 Å². The Morgan fingerprint density at radius 3 is 2.79 bits per heavy atom. The predicted molar refractivity (Wildman–Crippen MR) is 131 cm³/mol. The summed E-state index contributed by atoms with van der Waals surface area (Å²) >= 11 is 1.60. The Morgan fingerprint density at radius 2 is 2.12 bits per heavy atom. The highest BCUT2D eigenvalue weighted by Crippen LogP contribution is 2.49. The molecule has 1 unspecified atom stereocenters. The Labute approximate surface area is 202 Å². The van der Waals surface area contributed by atoms with E-state index < -0.39 is 10.8 Å². The fourth-order valence-corrected chi connectivity index (χ4v) is 5.82. The van der Waals surface area contributed by atoms with Crippen molar-refractivity contribution in [1.29, 1.82) is 5.26 Å². The molecule has 0 fully saturated rings. The van der Waals surface area contributed by atoms with Crippen molar-refractivity contribution in [2.24, 2.45) is 5.73 Å². The first-order valence-electron chi connectivity index (χ1n) is 11.3. The number of nitro benzene ring substituents is 1. The molecule has 2 aromatic rings. The summed E-state index contributed by atoms with van der Waals surface area (Å²) in [5.41, 5.74) is 7.96. The van der Waals surface area contributed by atoms with E-state index in [1.807, 2.05) is 6.07 Å². The van der Waals surface area contributed by atoms with E-state index in [1.165, 1.54) is 23.0 Å². The van der Waals surface area contributed by atoms with Crippen molar-refractivity contribution in [3.63, 3.8) is 0 Å². The van der Waals surface area contributed by atoms with Gasteiger partial charge in [0.05, 0.1) is 35.7 Å². The maximum atomic E-state index is 13.2. The molecule has 2 heterocycles. The van der Waals surface area contributed by atoms with Gasteiger partial charge in [-0.2, -0.15) is 5.26 Å². The molecule has 1 aromatic heterocycles. The smallest absolute Gasteiger partial charge is 0.296 e. The second-order valence-electron chi connectivity index (χ2n) is 8.34. The number of nitro groups is 1. The number of unbranched alkanes of at least 4 members (excludes halogenated alkanes) is 1. The lowest BCUT2D eigenvalue weighted by Crippen LogP contribution is -2.38. The summed E-state index contributed by atoms with van der Waals surface area (Å²) < 4.78 is 5.16. The van der Waals surface area contributed by atoms with Gasteiger partial charge in [0.2, 0.25) is 0 Å². The standard InChI is InChI=1S/C25H26N4O4S/c1-3-4-6-16-10-12-22(34-16)23-17(14-26)25(27)28(19-7-5-8-21(30)24(19)23)18-11-9-15(33-2)13-20(18)29(31)32/h9-13,23H,3-8,27H2,1-2H3. The Bertz CT molecular complexity index is 1250. The molecular weight excluding hydrogens is 452 g/mol. The van der Waals surface area contributed by atoms with Gasteiger partial charge in [0.1, 0.15) is 17.3 Å². The topological polar surface area (TPSA) is 122 Å². The molecule has 34 heavy (non-hydrogen) atoms. The lowest BCUT2D eigenvalue weighted by molar-refractivity contribution is -0.384. The summed E-state index contributed by atoms with van der Waals surface area (Å²) in [7, 11) is 1.43. The number of hydrogen-bond donors (Lipinski definition) is 1. The molecule has 0 amide bonds. The fraction of sp³-hybridized carbons (Fsp3) is 0.360. The van der Waals surface area contributed by atoms with Gasteiger partial charge < -0.3 is 10.5 Å². The van der Waals surface area contributed by atoms with Crippen molar-refractivity contribution in [3.8, 4) is 11.8 Å². The molecule has 9 heteroatoms. The fourth-order valence-electron chi connectivity index (χ4n) is 4.65. The molecule has 2 N–H and O–H groups in total. The number of carbonyl (C=O) groups excluding carboxylic acids is 1. The van der Waals surface area contributed by atoms with Crippen LogP contribution in [0.15, 0.2) is 53.0 Å². The van der Waals surface area contributed by atoms with Gasteiger partial charge in [0, 0.05) is 27.4 Å². The van der Waals surface area contributed by atoms with Crippen LogP contribution in [0.5, 0.6) is 5.75 Å². The lowest BCUT2D eigenvalue weighted by atomic mass is 9.78. The summed E-state index contributed by atoms with van der Waals surface area (Å²) in [5, 5.41) is 22.1. The summed E-state index contributed by atoms with van der Waals surface area (Å²) in [4.78, 5) is 28.3. The van der Waals surface area contributed by atoms with Crippen LogP contribution < -0.4 is 15.4 Å². The molecule has 8 nitrogen and oxygen atoms in total. The zero-order valence-electron chi connectivity index (χ0n) is 19.2. The summed E-state index contributed by atoms with van der Waals surface area (Å²) in [6.07, 6.45) is 4.62. The zero-order valence-corrected chi connectivity index (χ0v) is 20.0. The van der Waals surface area contributed by atoms with E-state index in [9.17, 15) is 20.2 Å². The number of methoxy groups -OCH3 is 1. The van der Waals surface area contributed by atoms with E-state index in [4.69, 9.17) is 10.5 Å². The molecule has 0 saturated heterocycles. The van der Waals surface area contributed by atoms with Gasteiger partial charge >= 0.3 is 0 Å². The van der Waals surface area contributed by atoms with Crippen molar-refractivity contribution >= 4 is 28.5 Å². The molecular formula is C25H26N4O4S. The number of nitrogens with zero attached hydrogens (tertiary/aromatic N) is 3. The van der Waals surface area contributed by atoms with Crippen LogP contribution in [0.1, 0.15) is 54.7 Å². The molecule has 4 rings (SSSR count). The number of nitrogens with two attached hydrogens (primary N) is 1.